The van der Waals surface area contributed by atoms with Crippen LogP contribution < -0.4 is 0 Å². The lowest BCUT2D eigenvalue weighted by Gasteiger charge is -2.10. The van der Waals surface area contributed by atoms with Gasteiger partial charge in [-0.2, -0.15) is 0 Å². The van der Waals surface area contributed by atoms with Gasteiger partial charge in [0.1, 0.15) is 0 Å². The Balaban J connectivity index is 0.000000134. The van der Waals surface area contributed by atoms with E-state index < -0.39 is 0 Å². The van der Waals surface area contributed by atoms with Crippen molar-refractivity contribution in [1.82, 2.24) is 0 Å². The fraction of sp³-hybridized carbons (Fsp3) is 0. The first kappa shape index (κ1) is 10.1. The zero-order valence-electron chi connectivity index (χ0n) is 8.51. The van der Waals surface area contributed by atoms with Crippen molar-refractivity contribution in [3.8, 4) is 35.0 Å². The van der Waals surface area contributed by atoms with Crippen molar-refractivity contribution in [3.63, 3.8) is 0 Å². The van der Waals surface area contributed by atoms with Gasteiger partial charge in [-0.15, -0.1) is 6.42 Å². The van der Waals surface area contributed by atoms with E-state index in [1.807, 2.05) is 0 Å². The highest BCUT2D eigenvalue weighted by atomic mass is 16.3. The van der Waals surface area contributed by atoms with Gasteiger partial charge in [0.05, 0.1) is 5.56 Å². The first-order chi connectivity index (χ1) is 7.72. The van der Waals surface area contributed by atoms with E-state index in [2.05, 4.69) is 30.2 Å². The van der Waals surface area contributed by atoms with Crippen LogP contribution in [-0.2, 0) is 0 Å². The largest absolute Gasteiger partial charge is 0.504 e. The molecule has 0 saturated carbocycles. The molecule has 3 rings (SSSR count). The standard InChI is InChI=1S/C8H6O2.C6H4/c1-2-6-4-3-5-7(9)8(6)10;1-2-6-4-3-5(1)6/h1,3-5,9-10H;1-4H. The maximum atomic E-state index is 9.01. The van der Waals surface area contributed by atoms with Crippen LogP contribution >= 0.6 is 0 Å². The van der Waals surface area contributed by atoms with Gasteiger partial charge >= 0.3 is 0 Å². The van der Waals surface area contributed by atoms with Gasteiger partial charge in [-0.3, -0.25) is 0 Å². The summed E-state index contributed by atoms with van der Waals surface area (Å²) in [5.41, 5.74) is 3.16. The number of hydrogen-bond acceptors (Lipinski definition) is 2. The Bertz CT molecular complexity index is 527. The van der Waals surface area contributed by atoms with E-state index in [9.17, 15) is 0 Å². The summed E-state index contributed by atoms with van der Waals surface area (Å²) in [6, 6.07) is 13.0. The van der Waals surface area contributed by atoms with Crippen molar-refractivity contribution >= 4 is 0 Å². The molecule has 0 spiro atoms. The molecule has 78 valence electrons. The number of para-hydroxylation sites is 1. The molecule has 16 heavy (non-hydrogen) atoms. The second-order valence-electron chi connectivity index (χ2n) is 3.39. The van der Waals surface area contributed by atoms with E-state index in [-0.39, 0.29) is 11.5 Å². The molecule has 0 radical (unpaired) electrons. The van der Waals surface area contributed by atoms with Crippen LogP contribution in [-0.4, -0.2) is 10.2 Å². The summed E-state index contributed by atoms with van der Waals surface area (Å²) in [6.45, 7) is 0. The Morgan fingerprint density at radius 3 is 1.75 bits per heavy atom. The minimum atomic E-state index is -0.231. The zero-order chi connectivity index (χ0) is 11.5. The molecule has 1 aromatic rings. The Morgan fingerprint density at radius 2 is 1.44 bits per heavy atom. The summed E-state index contributed by atoms with van der Waals surface area (Å²) < 4.78 is 0. The SMILES string of the molecule is C#Cc1cccc(O)c1O.c1cc2ccc1-2. The van der Waals surface area contributed by atoms with Gasteiger partial charge in [0.25, 0.3) is 0 Å². The van der Waals surface area contributed by atoms with Crippen LogP contribution in [0.4, 0.5) is 0 Å². The number of phenols is 2. The van der Waals surface area contributed by atoms with Crippen molar-refractivity contribution < 1.29 is 10.2 Å². The van der Waals surface area contributed by atoms with Crippen LogP contribution in [0.1, 0.15) is 5.56 Å². The molecule has 0 saturated heterocycles. The van der Waals surface area contributed by atoms with E-state index in [4.69, 9.17) is 16.6 Å². The number of phenolic OH excluding ortho intramolecular Hbond substituents is 2. The molecule has 0 unspecified atom stereocenters. The number of aromatic hydroxyl groups is 2. The number of fused-ring (bicyclic) bond motifs is 1. The van der Waals surface area contributed by atoms with Gasteiger partial charge in [0.15, 0.2) is 11.5 Å². The monoisotopic (exact) mass is 210 g/mol. The number of hydrogen-bond donors (Lipinski definition) is 2. The molecule has 2 N–H and O–H groups in total. The normalized spacial score (nSPS) is 9.69. The average molecular weight is 210 g/mol. The molecule has 0 atom stereocenters. The lowest BCUT2D eigenvalue weighted by Crippen LogP contribution is -1.85. The summed E-state index contributed by atoms with van der Waals surface area (Å²) in [5, 5.41) is 17.9. The quantitative estimate of drug-likeness (QED) is 0.442. The van der Waals surface area contributed by atoms with E-state index in [1.165, 1.54) is 17.2 Å². The summed E-state index contributed by atoms with van der Waals surface area (Å²) in [6.07, 6.45) is 5.00. The highest BCUT2D eigenvalue weighted by Gasteiger charge is 2.04. The smallest absolute Gasteiger partial charge is 0.173 e. The van der Waals surface area contributed by atoms with Crippen LogP contribution in [0.15, 0.2) is 42.5 Å². The molecule has 0 amide bonds. The Morgan fingerprint density at radius 1 is 0.875 bits per heavy atom. The topological polar surface area (TPSA) is 40.5 Å². The Labute approximate surface area is 93.8 Å². The predicted molar refractivity (Wildman–Crippen MR) is 63.1 cm³/mol. The van der Waals surface area contributed by atoms with E-state index in [0.29, 0.717) is 5.56 Å². The molecule has 2 aliphatic rings. The van der Waals surface area contributed by atoms with Crippen LogP contribution in [0.25, 0.3) is 11.1 Å². The number of rotatable bonds is 0. The lowest BCUT2D eigenvalue weighted by atomic mass is 9.95. The third-order valence-electron chi connectivity index (χ3n) is 2.39. The molecule has 1 aromatic carbocycles. The summed E-state index contributed by atoms with van der Waals surface area (Å²) in [7, 11) is 0. The molecule has 0 heterocycles. The third-order valence-corrected chi connectivity index (χ3v) is 2.39. The van der Waals surface area contributed by atoms with Gasteiger partial charge in [-0.1, -0.05) is 36.3 Å². The molecular formula is C14H10O2. The molecule has 0 aliphatic heterocycles. The van der Waals surface area contributed by atoms with Crippen LogP contribution in [0.5, 0.6) is 11.5 Å². The maximum Gasteiger partial charge on any atom is 0.173 e. The summed E-state index contributed by atoms with van der Waals surface area (Å²) in [4.78, 5) is 0. The predicted octanol–water partition coefficient (Wildman–Crippen LogP) is 2.75. The Kier molecular flexibility index (Phi) is 2.53. The first-order valence-corrected chi connectivity index (χ1v) is 4.80. The summed E-state index contributed by atoms with van der Waals surface area (Å²) in [5.74, 6) is 1.81. The van der Waals surface area contributed by atoms with Crippen molar-refractivity contribution in [1.29, 1.82) is 0 Å². The number of terminal acetylenes is 1. The summed E-state index contributed by atoms with van der Waals surface area (Å²) >= 11 is 0. The fourth-order valence-electron chi connectivity index (χ4n) is 1.31. The molecule has 0 bridgehead atoms. The van der Waals surface area contributed by atoms with E-state index in [0.717, 1.165) is 0 Å². The van der Waals surface area contributed by atoms with Crippen LogP contribution in [0.3, 0.4) is 0 Å². The van der Waals surface area contributed by atoms with Gasteiger partial charge in [0, 0.05) is 0 Å². The average Bonchev–Trinajstić information content (AvgIpc) is 2.28. The van der Waals surface area contributed by atoms with E-state index >= 15 is 0 Å². The molecule has 2 heteroatoms. The van der Waals surface area contributed by atoms with Gasteiger partial charge in [-0.25, -0.2) is 0 Å². The minimum absolute atomic E-state index is 0.185. The van der Waals surface area contributed by atoms with E-state index in [1.54, 1.807) is 12.1 Å². The Hall–Kier alpha value is -2.40. The third kappa shape index (κ3) is 1.71. The van der Waals surface area contributed by atoms with Crippen LogP contribution in [0.2, 0.25) is 0 Å². The van der Waals surface area contributed by atoms with Crippen molar-refractivity contribution in [2.75, 3.05) is 0 Å². The van der Waals surface area contributed by atoms with Gasteiger partial charge in [0.2, 0.25) is 0 Å². The lowest BCUT2D eigenvalue weighted by molar-refractivity contribution is 0.403. The van der Waals surface area contributed by atoms with Gasteiger partial charge in [-0.05, 0) is 23.3 Å². The first-order valence-electron chi connectivity index (χ1n) is 4.80. The second-order valence-corrected chi connectivity index (χ2v) is 3.39. The highest BCUT2D eigenvalue weighted by Crippen LogP contribution is 2.29. The molecule has 0 fully saturated rings. The molecule has 2 nitrogen and oxygen atoms in total. The highest BCUT2D eigenvalue weighted by molar-refractivity contribution is 5.75. The molecule has 0 aromatic heterocycles. The molecule has 2 aliphatic carbocycles. The van der Waals surface area contributed by atoms with Crippen molar-refractivity contribution in [2.24, 2.45) is 0 Å². The minimum Gasteiger partial charge on any atom is -0.504 e. The second kappa shape index (κ2) is 4.00. The zero-order valence-corrected chi connectivity index (χ0v) is 8.51. The van der Waals surface area contributed by atoms with Gasteiger partial charge < -0.3 is 10.2 Å². The van der Waals surface area contributed by atoms with Crippen molar-refractivity contribution in [3.05, 3.63) is 48.0 Å². The molecular weight excluding hydrogens is 200 g/mol. The van der Waals surface area contributed by atoms with Crippen molar-refractivity contribution in [2.45, 2.75) is 0 Å². The number of benzene rings is 2. The maximum absolute atomic E-state index is 9.01. The fourth-order valence-corrected chi connectivity index (χ4v) is 1.31. The van der Waals surface area contributed by atoms with Crippen LogP contribution in [0, 0.1) is 12.3 Å².